The largest absolute Gasteiger partial charge is 0.486 e. The van der Waals surface area contributed by atoms with Gasteiger partial charge in [-0.2, -0.15) is 0 Å². The summed E-state index contributed by atoms with van der Waals surface area (Å²) in [5.74, 6) is 0.504. The maximum Gasteiger partial charge on any atom is 0.257 e. The molecule has 122 valence electrons. The minimum atomic E-state index is -0.213. The lowest BCUT2D eigenvalue weighted by atomic mass is 10.1. The van der Waals surface area contributed by atoms with Gasteiger partial charge in [-0.25, -0.2) is 0 Å². The zero-order chi connectivity index (χ0) is 16.7. The number of para-hydroxylation sites is 1. The van der Waals surface area contributed by atoms with Crippen molar-refractivity contribution in [3.8, 4) is 5.75 Å². The smallest absolute Gasteiger partial charge is 0.257 e. The van der Waals surface area contributed by atoms with Crippen LogP contribution in [0.2, 0.25) is 0 Å². The SMILES string of the molecule is CN1C(=O)c2ccccc2OC2CN(C(=O)c3ccccc3)CC21. The van der Waals surface area contributed by atoms with E-state index in [-0.39, 0.29) is 24.0 Å². The minimum absolute atomic E-state index is 0.0265. The van der Waals surface area contributed by atoms with E-state index in [1.165, 1.54) is 0 Å². The standard InChI is InChI=1S/C19H18N2O3/c1-20-15-11-21(18(22)13-7-3-2-4-8-13)12-17(15)24-16-10-6-5-9-14(16)19(20)23/h2-10,15,17H,11-12H2,1H3. The molecule has 24 heavy (non-hydrogen) atoms. The Bertz CT molecular complexity index is 790. The third kappa shape index (κ3) is 2.33. The fourth-order valence-corrected chi connectivity index (χ4v) is 3.42. The Morgan fingerprint density at radius 2 is 1.75 bits per heavy atom. The zero-order valence-electron chi connectivity index (χ0n) is 13.4. The number of hydrogen-bond donors (Lipinski definition) is 0. The van der Waals surface area contributed by atoms with E-state index in [1.807, 2.05) is 48.5 Å². The van der Waals surface area contributed by atoms with E-state index in [2.05, 4.69) is 0 Å². The fourth-order valence-electron chi connectivity index (χ4n) is 3.42. The number of hydrogen-bond acceptors (Lipinski definition) is 3. The monoisotopic (exact) mass is 322 g/mol. The average Bonchev–Trinajstić information content (AvgIpc) is 3.01. The molecule has 0 aromatic heterocycles. The number of fused-ring (bicyclic) bond motifs is 2. The van der Waals surface area contributed by atoms with Crippen molar-refractivity contribution in [2.75, 3.05) is 20.1 Å². The van der Waals surface area contributed by atoms with Crippen molar-refractivity contribution in [1.29, 1.82) is 0 Å². The molecule has 4 rings (SSSR count). The fraction of sp³-hybridized carbons (Fsp3) is 0.263. The Hall–Kier alpha value is -2.82. The molecule has 0 bridgehead atoms. The van der Waals surface area contributed by atoms with Gasteiger partial charge in [0.2, 0.25) is 0 Å². The number of likely N-dealkylation sites (N-methyl/N-ethyl adjacent to an activating group) is 1. The van der Waals surface area contributed by atoms with Gasteiger partial charge in [0, 0.05) is 19.2 Å². The van der Waals surface area contributed by atoms with Gasteiger partial charge < -0.3 is 14.5 Å². The van der Waals surface area contributed by atoms with E-state index in [4.69, 9.17) is 4.74 Å². The van der Waals surface area contributed by atoms with Crippen molar-refractivity contribution in [2.45, 2.75) is 12.1 Å². The van der Waals surface area contributed by atoms with Gasteiger partial charge in [0.1, 0.15) is 11.9 Å². The van der Waals surface area contributed by atoms with E-state index >= 15 is 0 Å². The molecule has 2 aliphatic rings. The van der Waals surface area contributed by atoms with Crippen LogP contribution >= 0.6 is 0 Å². The van der Waals surface area contributed by atoms with E-state index in [1.54, 1.807) is 22.9 Å². The summed E-state index contributed by atoms with van der Waals surface area (Å²) < 4.78 is 6.08. The van der Waals surface area contributed by atoms with Crippen LogP contribution in [0.1, 0.15) is 20.7 Å². The van der Waals surface area contributed by atoms with Crippen molar-refractivity contribution in [3.63, 3.8) is 0 Å². The Morgan fingerprint density at radius 3 is 2.54 bits per heavy atom. The minimum Gasteiger partial charge on any atom is -0.486 e. The van der Waals surface area contributed by atoms with Gasteiger partial charge in [-0.3, -0.25) is 9.59 Å². The Morgan fingerprint density at radius 1 is 1.04 bits per heavy atom. The molecule has 5 heteroatoms. The highest BCUT2D eigenvalue weighted by atomic mass is 16.5. The number of ether oxygens (including phenoxy) is 1. The summed E-state index contributed by atoms with van der Waals surface area (Å²) in [6, 6.07) is 16.3. The highest BCUT2D eigenvalue weighted by molar-refractivity contribution is 5.98. The molecule has 1 fully saturated rings. The second-order valence-electron chi connectivity index (χ2n) is 6.21. The van der Waals surface area contributed by atoms with Crippen LogP contribution in [0.25, 0.3) is 0 Å². The first-order valence-corrected chi connectivity index (χ1v) is 8.02. The second-order valence-corrected chi connectivity index (χ2v) is 6.21. The van der Waals surface area contributed by atoms with Crippen LogP contribution < -0.4 is 4.74 Å². The van der Waals surface area contributed by atoms with Crippen LogP contribution in [0, 0.1) is 0 Å². The summed E-state index contributed by atoms with van der Waals surface area (Å²) in [7, 11) is 1.78. The van der Waals surface area contributed by atoms with Crippen molar-refractivity contribution in [1.82, 2.24) is 9.80 Å². The lowest BCUT2D eigenvalue weighted by Gasteiger charge is -2.25. The van der Waals surface area contributed by atoms with Crippen molar-refractivity contribution < 1.29 is 14.3 Å². The van der Waals surface area contributed by atoms with Gasteiger partial charge in [0.15, 0.2) is 0 Å². The van der Waals surface area contributed by atoms with Crippen molar-refractivity contribution in [3.05, 3.63) is 65.7 Å². The molecule has 0 aliphatic carbocycles. The molecule has 0 saturated carbocycles. The number of likely N-dealkylation sites (tertiary alicyclic amines) is 1. The van der Waals surface area contributed by atoms with Crippen LogP contribution in [-0.2, 0) is 0 Å². The average molecular weight is 322 g/mol. The predicted molar refractivity (Wildman–Crippen MR) is 89.1 cm³/mol. The first-order chi connectivity index (χ1) is 11.6. The number of benzene rings is 2. The first-order valence-electron chi connectivity index (χ1n) is 8.02. The van der Waals surface area contributed by atoms with Crippen LogP contribution in [0.15, 0.2) is 54.6 Å². The summed E-state index contributed by atoms with van der Waals surface area (Å²) >= 11 is 0. The van der Waals surface area contributed by atoms with Crippen LogP contribution in [0.3, 0.4) is 0 Å². The molecule has 2 heterocycles. The van der Waals surface area contributed by atoms with Gasteiger partial charge >= 0.3 is 0 Å². The lowest BCUT2D eigenvalue weighted by Crippen LogP contribution is -2.44. The quantitative estimate of drug-likeness (QED) is 0.807. The summed E-state index contributed by atoms with van der Waals surface area (Å²) in [5, 5.41) is 0. The maximum atomic E-state index is 12.7. The number of nitrogens with zero attached hydrogens (tertiary/aromatic N) is 2. The predicted octanol–water partition coefficient (Wildman–Crippen LogP) is 2.04. The van der Waals surface area contributed by atoms with E-state index in [0.717, 1.165) is 0 Å². The summed E-state index contributed by atoms with van der Waals surface area (Å²) in [6.07, 6.45) is -0.213. The Balaban J connectivity index is 1.62. The van der Waals surface area contributed by atoms with Gasteiger partial charge in [-0.05, 0) is 24.3 Å². The molecule has 0 spiro atoms. The first kappa shape index (κ1) is 14.8. The highest BCUT2D eigenvalue weighted by Gasteiger charge is 2.43. The molecular weight excluding hydrogens is 304 g/mol. The molecule has 0 radical (unpaired) electrons. The highest BCUT2D eigenvalue weighted by Crippen LogP contribution is 2.30. The third-order valence-corrected chi connectivity index (χ3v) is 4.76. The van der Waals surface area contributed by atoms with E-state index < -0.39 is 0 Å². The number of rotatable bonds is 1. The molecular formula is C19H18N2O3. The van der Waals surface area contributed by atoms with Crippen molar-refractivity contribution in [2.24, 2.45) is 0 Å². The Kier molecular flexibility index (Phi) is 3.49. The van der Waals surface area contributed by atoms with Crippen LogP contribution in [0.4, 0.5) is 0 Å². The molecule has 2 amide bonds. The number of carbonyl (C=O) groups excluding carboxylic acids is 2. The van der Waals surface area contributed by atoms with Gasteiger partial charge in [-0.1, -0.05) is 30.3 Å². The molecule has 5 nitrogen and oxygen atoms in total. The van der Waals surface area contributed by atoms with E-state index in [0.29, 0.717) is 30.0 Å². The molecule has 2 aromatic carbocycles. The summed E-state index contributed by atoms with van der Waals surface area (Å²) in [6.45, 7) is 0.957. The van der Waals surface area contributed by atoms with E-state index in [9.17, 15) is 9.59 Å². The molecule has 0 N–H and O–H groups in total. The number of carbonyl (C=O) groups is 2. The van der Waals surface area contributed by atoms with Crippen LogP contribution in [0.5, 0.6) is 5.75 Å². The maximum absolute atomic E-state index is 12.7. The molecule has 1 saturated heterocycles. The van der Waals surface area contributed by atoms with Gasteiger partial charge in [0.25, 0.3) is 11.8 Å². The summed E-state index contributed by atoms with van der Waals surface area (Å²) in [5.41, 5.74) is 1.23. The topological polar surface area (TPSA) is 49.9 Å². The lowest BCUT2D eigenvalue weighted by molar-refractivity contribution is 0.0674. The third-order valence-electron chi connectivity index (χ3n) is 4.76. The van der Waals surface area contributed by atoms with Crippen LogP contribution in [-0.4, -0.2) is 53.9 Å². The number of amides is 2. The van der Waals surface area contributed by atoms with Gasteiger partial charge in [-0.15, -0.1) is 0 Å². The second kappa shape index (κ2) is 5.67. The molecule has 2 aromatic rings. The molecule has 2 unspecified atom stereocenters. The van der Waals surface area contributed by atoms with Crippen molar-refractivity contribution >= 4 is 11.8 Å². The zero-order valence-corrected chi connectivity index (χ0v) is 13.4. The summed E-state index contributed by atoms with van der Waals surface area (Å²) in [4.78, 5) is 28.8. The Labute approximate surface area is 140 Å². The normalized spacial score (nSPS) is 22.5. The molecule has 2 atom stereocenters. The van der Waals surface area contributed by atoms with Gasteiger partial charge in [0.05, 0.1) is 18.2 Å². The molecule has 2 aliphatic heterocycles.